The van der Waals surface area contributed by atoms with Gasteiger partial charge in [0.15, 0.2) is 17.6 Å². The molecule has 2 rings (SSSR count). The molecule has 0 bridgehead atoms. The molecule has 0 radical (unpaired) electrons. The van der Waals surface area contributed by atoms with E-state index < -0.39 is 12.0 Å². The maximum absolute atomic E-state index is 10.6. The van der Waals surface area contributed by atoms with Crippen molar-refractivity contribution in [1.29, 1.82) is 0 Å². The van der Waals surface area contributed by atoms with E-state index in [2.05, 4.69) is 0 Å². The number of carboxylic acids is 1. The number of allylic oxidation sites excluding steroid dienone is 4. The largest absolute Gasteiger partial charge is 0.480 e. The molecule has 1 aliphatic carbocycles. The second-order valence-electron chi connectivity index (χ2n) is 4.34. The quantitative estimate of drug-likeness (QED) is 0.561. The highest BCUT2D eigenvalue weighted by Gasteiger charge is 2.23. The van der Waals surface area contributed by atoms with E-state index in [9.17, 15) is 14.4 Å². The number of nitrogens with zero attached hydrogens (tertiary/aromatic N) is 1. The number of aliphatic carboxylic acids is 1. The van der Waals surface area contributed by atoms with E-state index in [4.69, 9.17) is 15.5 Å². The van der Waals surface area contributed by atoms with Gasteiger partial charge < -0.3 is 5.11 Å². The first-order chi connectivity index (χ1) is 10.4. The van der Waals surface area contributed by atoms with Crippen LogP contribution in [0.1, 0.15) is 5.56 Å². The van der Waals surface area contributed by atoms with Gasteiger partial charge in [-0.05, 0) is 29.9 Å². The van der Waals surface area contributed by atoms with E-state index in [-0.39, 0.29) is 23.2 Å². The molecule has 1 aliphatic rings. The second-order valence-corrected chi connectivity index (χ2v) is 4.34. The van der Waals surface area contributed by atoms with Gasteiger partial charge in [-0.1, -0.05) is 35.6 Å². The van der Waals surface area contributed by atoms with E-state index >= 15 is 0 Å². The molecule has 1 aromatic carbocycles. The van der Waals surface area contributed by atoms with Crippen LogP contribution < -0.4 is 0 Å². The Labute approximate surface area is 126 Å². The van der Waals surface area contributed by atoms with Gasteiger partial charge in [-0.2, -0.15) is 0 Å². The van der Waals surface area contributed by atoms with E-state index in [1.54, 1.807) is 30.3 Å². The van der Waals surface area contributed by atoms with Crippen molar-refractivity contribution < 1.29 is 29.9 Å². The lowest BCUT2D eigenvalue weighted by atomic mass is 10.1. The second kappa shape index (κ2) is 8.63. The maximum Gasteiger partial charge on any atom is 0.326 e. The van der Waals surface area contributed by atoms with Gasteiger partial charge in [-0.25, -0.2) is 0 Å². The van der Waals surface area contributed by atoms with Crippen molar-refractivity contribution in [3.8, 4) is 0 Å². The standard InChI is InChI=1S/C9H11NO4.C6H4O2/c11-9(12)8(10(13)14)6-7-4-2-1-3-5-7;7-5-1-2-6(8)4-3-5/h1-5,8,13-14H,6H2,(H,11,12);1-4H/t8-;/m0./s1. The zero-order chi connectivity index (χ0) is 16.5. The fourth-order valence-corrected chi connectivity index (χ4v) is 1.54. The van der Waals surface area contributed by atoms with Crippen LogP contribution in [0.2, 0.25) is 0 Å². The molecular formula is C15H15NO6. The van der Waals surface area contributed by atoms with Gasteiger partial charge in [-0.15, -0.1) is 0 Å². The zero-order valence-corrected chi connectivity index (χ0v) is 11.5. The Kier molecular flexibility index (Phi) is 6.84. The summed E-state index contributed by atoms with van der Waals surface area (Å²) in [5, 5.41) is 25.7. The highest BCUT2D eigenvalue weighted by molar-refractivity contribution is 6.14. The number of carbonyl (C=O) groups excluding carboxylic acids is 2. The Bertz CT molecular complexity index is 553. The summed E-state index contributed by atoms with van der Waals surface area (Å²) in [5.74, 6) is -1.52. The number of hydrogen-bond donors (Lipinski definition) is 3. The lowest BCUT2D eigenvalue weighted by Gasteiger charge is -2.15. The van der Waals surface area contributed by atoms with Crippen LogP contribution in [-0.4, -0.2) is 44.3 Å². The number of rotatable bonds is 4. The molecule has 0 saturated carbocycles. The summed E-state index contributed by atoms with van der Waals surface area (Å²) in [4.78, 5) is 31.1. The molecular weight excluding hydrogens is 290 g/mol. The predicted octanol–water partition coefficient (Wildman–Crippen LogP) is 1.01. The zero-order valence-electron chi connectivity index (χ0n) is 11.5. The molecule has 0 fully saturated rings. The molecule has 0 aliphatic heterocycles. The number of carboxylic acid groups (broad SMARTS) is 1. The summed E-state index contributed by atoms with van der Waals surface area (Å²) in [6.45, 7) is 0. The van der Waals surface area contributed by atoms with Crippen LogP contribution in [0.3, 0.4) is 0 Å². The predicted molar refractivity (Wildman–Crippen MR) is 75.3 cm³/mol. The minimum absolute atomic E-state index is 0.0448. The molecule has 1 aromatic rings. The molecule has 0 aromatic heterocycles. The SMILES string of the molecule is O=C(O)[C@H](Cc1ccccc1)N(O)O.O=C1C=CC(=O)C=C1. The third-order valence-corrected chi connectivity index (χ3v) is 2.66. The molecule has 0 saturated heterocycles. The molecule has 22 heavy (non-hydrogen) atoms. The van der Waals surface area contributed by atoms with Crippen molar-refractivity contribution in [3.63, 3.8) is 0 Å². The Balaban J connectivity index is 0.000000255. The van der Waals surface area contributed by atoms with Crippen molar-refractivity contribution in [1.82, 2.24) is 5.23 Å². The van der Waals surface area contributed by atoms with Gasteiger partial charge in [-0.3, -0.25) is 24.8 Å². The number of hydroxylamine groups is 2. The van der Waals surface area contributed by atoms with E-state index in [0.717, 1.165) is 5.56 Å². The van der Waals surface area contributed by atoms with Gasteiger partial charge in [0, 0.05) is 6.42 Å². The molecule has 3 N–H and O–H groups in total. The molecule has 0 amide bonds. The number of ketones is 2. The topological polar surface area (TPSA) is 115 Å². The first kappa shape index (κ1) is 17.4. The molecule has 0 heterocycles. The van der Waals surface area contributed by atoms with E-state index in [1.807, 2.05) is 0 Å². The first-order valence-corrected chi connectivity index (χ1v) is 6.28. The Morgan fingerprint density at radius 1 is 0.955 bits per heavy atom. The third-order valence-electron chi connectivity index (χ3n) is 2.66. The van der Waals surface area contributed by atoms with Crippen molar-refractivity contribution in [2.75, 3.05) is 0 Å². The lowest BCUT2D eigenvalue weighted by molar-refractivity contribution is -0.327. The summed E-state index contributed by atoms with van der Waals surface area (Å²) in [5.41, 5.74) is 0.730. The Morgan fingerprint density at radius 2 is 1.41 bits per heavy atom. The molecule has 7 nitrogen and oxygen atoms in total. The van der Waals surface area contributed by atoms with Crippen molar-refractivity contribution in [2.24, 2.45) is 0 Å². The maximum atomic E-state index is 10.6. The van der Waals surface area contributed by atoms with Gasteiger partial charge in [0.1, 0.15) is 0 Å². The monoisotopic (exact) mass is 305 g/mol. The molecule has 0 unspecified atom stereocenters. The van der Waals surface area contributed by atoms with E-state index in [1.165, 1.54) is 24.3 Å². The average Bonchev–Trinajstić information content (AvgIpc) is 2.49. The highest BCUT2D eigenvalue weighted by atomic mass is 16.8. The Morgan fingerprint density at radius 3 is 1.77 bits per heavy atom. The number of hydrogen-bond acceptors (Lipinski definition) is 6. The highest BCUT2D eigenvalue weighted by Crippen LogP contribution is 2.06. The van der Waals surface area contributed by atoms with Crippen molar-refractivity contribution in [2.45, 2.75) is 12.5 Å². The molecule has 1 atom stereocenters. The van der Waals surface area contributed by atoms with Crippen LogP contribution >= 0.6 is 0 Å². The minimum atomic E-state index is -1.34. The third kappa shape index (κ3) is 6.23. The lowest BCUT2D eigenvalue weighted by Crippen LogP contribution is -2.38. The summed E-state index contributed by atoms with van der Waals surface area (Å²) in [6.07, 6.45) is 5.05. The van der Waals surface area contributed by atoms with Crippen molar-refractivity contribution >= 4 is 17.5 Å². The Hall–Kier alpha value is -2.61. The minimum Gasteiger partial charge on any atom is -0.480 e. The fourth-order valence-electron chi connectivity index (χ4n) is 1.54. The van der Waals surface area contributed by atoms with Gasteiger partial charge >= 0.3 is 5.97 Å². The molecule has 0 spiro atoms. The van der Waals surface area contributed by atoms with Gasteiger partial charge in [0.05, 0.1) is 0 Å². The van der Waals surface area contributed by atoms with Gasteiger partial charge in [0.25, 0.3) is 0 Å². The van der Waals surface area contributed by atoms with Crippen molar-refractivity contribution in [3.05, 3.63) is 60.2 Å². The van der Waals surface area contributed by atoms with Crippen LogP contribution in [0.15, 0.2) is 54.6 Å². The van der Waals surface area contributed by atoms with Crippen LogP contribution in [0.25, 0.3) is 0 Å². The summed E-state index contributed by atoms with van der Waals surface area (Å²) in [7, 11) is 0. The number of carbonyl (C=O) groups is 3. The van der Waals surface area contributed by atoms with E-state index in [0.29, 0.717) is 0 Å². The summed E-state index contributed by atoms with van der Waals surface area (Å²) >= 11 is 0. The van der Waals surface area contributed by atoms with Crippen LogP contribution in [0.4, 0.5) is 0 Å². The molecule has 7 heteroatoms. The smallest absolute Gasteiger partial charge is 0.326 e. The normalized spacial score (nSPS) is 14.5. The summed E-state index contributed by atoms with van der Waals surface area (Å²) < 4.78 is 0. The van der Waals surface area contributed by atoms with Crippen LogP contribution in [0.5, 0.6) is 0 Å². The van der Waals surface area contributed by atoms with Crippen LogP contribution in [-0.2, 0) is 20.8 Å². The summed E-state index contributed by atoms with van der Waals surface area (Å²) in [6, 6.07) is 7.42. The number of benzene rings is 1. The van der Waals surface area contributed by atoms with Gasteiger partial charge in [0.2, 0.25) is 0 Å². The average molecular weight is 305 g/mol. The van der Waals surface area contributed by atoms with Crippen LogP contribution in [0, 0.1) is 0 Å². The molecule has 116 valence electrons. The fraction of sp³-hybridized carbons (Fsp3) is 0.133. The first-order valence-electron chi connectivity index (χ1n) is 6.28.